The summed E-state index contributed by atoms with van der Waals surface area (Å²) in [6.07, 6.45) is 0. The van der Waals surface area contributed by atoms with Crippen LogP contribution < -0.4 is 0 Å². The minimum atomic E-state index is -3.94. The Morgan fingerprint density at radius 2 is 0.892 bits per heavy atom. The number of hydrogen-bond donors (Lipinski definition) is 0. The second kappa shape index (κ2) is 13.2. The van der Waals surface area contributed by atoms with E-state index in [0.717, 1.165) is 0 Å². The molecular weight excluding hydrogens is 504 g/mol. The molecule has 0 N–H and O–H groups in total. The number of hydrogen-bond acceptors (Lipinski definition) is 10. The summed E-state index contributed by atoms with van der Waals surface area (Å²) < 4.78 is 45.5. The van der Waals surface area contributed by atoms with Crippen molar-refractivity contribution in [1.82, 2.24) is 0 Å². The molecule has 0 aromatic heterocycles. The molecule has 196 valence electrons. The predicted octanol–water partition coefficient (Wildman–Crippen LogP) is 3.07. The van der Waals surface area contributed by atoms with Crippen molar-refractivity contribution in [3.05, 3.63) is 84.0 Å². The van der Waals surface area contributed by atoms with Gasteiger partial charge in [-0.25, -0.2) is 27.6 Å². The fraction of sp³-hybridized carbons (Fsp3) is 0.231. The quantitative estimate of drug-likeness (QED) is 0.174. The van der Waals surface area contributed by atoms with Crippen molar-refractivity contribution >= 4 is 33.7 Å². The number of carbonyl (C=O) groups is 4. The lowest BCUT2D eigenvalue weighted by Crippen LogP contribution is -2.14. The Hall–Kier alpha value is -4.25. The van der Waals surface area contributed by atoms with E-state index in [1.165, 1.54) is 62.4 Å². The first-order chi connectivity index (χ1) is 17.4. The van der Waals surface area contributed by atoms with Crippen LogP contribution in [0.2, 0.25) is 0 Å². The molecule has 2 aromatic carbocycles. The van der Waals surface area contributed by atoms with Crippen molar-refractivity contribution in [1.29, 1.82) is 0 Å². The molecule has 0 saturated heterocycles. The predicted molar refractivity (Wildman–Crippen MR) is 130 cm³/mol. The first kappa shape index (κ1) is 29.0. The van der Waals surface area contributed by atoms with Crippen molar-refractivity contribution in [3.8, 4) is 0 Å². The topological polar surface area (TPSA) is 139 Å². The normalized spacial score (nSPS) is 10.6. The Labute approximate surface area is 214 Å². The maximum atomic E-state index is 12.9. The van der Waals surface area contributed by atoms with Crippen LogP contribution >= 0.6 is 0 Å². The van der Waals surface area contributed by atoms with Crippen molar-refractivity contribution in [3.63, 3.8) is 0 Å². The third-order valence-electron chi connectivity index (χ3n) is 4.60. The van der Waals surface area contributed by atoms with Gasteiger partial charge in [-0.2, -0.15) is 0 Å². The Kier molecular flexibility index (Phi) is 10.3. The third-order valence-corrected chi connectivity index (χ3v) is 6.38. The molecule has 2 aromatic rings. The second-order valence-corrected chi connectivity index (χ2v) is 9.61. The molecular formula is C26H26O10S. The van der Waals surface area contributed by atoms with Gasteiger partial charge in [-0.15, -0.1) is 0 Å². The molecule has 0 saturated carbocycles. The summed E-state index contributed by atoms with van der Waals surface area (Å²) in [5, 5.41) is 0. The van der Waals surface area contributed by atoms with E-state index < -0.39 is 33.7 Å². The highest BCUT2D eigenvalue weighted by Gasteiger charge is 2.19. The van der Waals surface area contributed by atoms with E-state index in [4.69, 9.17) is 18.9 Å². The van der Waals surface area contributed by atoms with Gasteiger partial charge >= 0.3 is 23.9 Å². The lowest BCUT2D eigenvalue weighted by Gasteiger charge is -2.09. The van der Waals surface area contributed by atoms with Gasteiger partial charge in [0.2, 0.25) is 9.84 Å². The van der Waals surface area contributed by atoms with E-state index >= 15 is 0 Å². The molecule has 10 nitrogen and oxygen atoms in total. The molecule has 0 unspecified atom stereocenters. The summed E-state index contributed by atoms with van der Waals surface area (Å²) in [5.74, 6) is -2.63. The molecule has 11 heteroatoms. The average molecular weight is 531 g/mol. The summed E-state index contributed by atoms with van der Waals surface area (Å²) in [6.45, 7) is 9.21. The second-order valence-electron chi connectivity index (χ2n) is 7.66. The maximum absolute atomic E-state index is 12.9. The number of sulfone groups is 1. The third kappa shape index (κ3) is 8.43. The monoisotopic (exact) mass is 530 g/mol. The Bertz CT molecular complexity index is 1190. The largest absolute Gasteiger partial charge is 0.459 e. The van der Waals surface area contributed by atoms with E-state index in [9.17, 15) is 27.6 Å². The molecule has 0 atom stereocenters. The molecule has 0 radical (unpaired) electrons. The van der Waals surface area contributed by atoms with Crippen molar-refractivity contribution in [2.75, 3.05) is 26.4 Å². The van der Waals surface area contributed by atoms with Gasteiger partial charge in [0, 0.05) is 11.1 Å². The zero-order chi connectivity index (χ0) is 27.6. The summed E-state index contributed by atoms with van der Waals surface area (Å²) in [6, 6.07) is 10.2. The van der Waals surface area contributed by atoms with E-state index in [2.05, 4.69) is 13.2 Å². The average Bonchev–Trinajstić information content (AvgIpc) is 2.88. The summed E-state index contributed by atoms with van der Waals surface area (Å²) >= 11 is 0. The SMILES string of the molecule is C=C(C)C(=O)OCCOC(=O)c1ccc(S(=O)(=O)c2ccc(C(=O)OCCOC(=O)C(=C)C)cc2)cc1. The van der Waals surface area contributed by atoms with Gasteiger partial charge in [-0.05, 0) is 62.4 Å². The van der Waals surface area contributed by atoms with E-state index in [1.54, 1.807) is 0 Å². The number of rotatable bonds is 12. The van der Waals surface area contributed by atoms with Gasteiger partial charge < -0.3 is 18.9 Å². The molecule has 0 heterocycles. The van der Waals surface area contributed by atoms with Crippen molar-refractivity contribution in [2.24, 2.45) is 0 Å². The van der Waals surface area contributed by atoms with Crippen LogP contribution in [-0.2, 0) is 38.4 Å². The Morgan fingerprint density at radius 1 is 0.595 bits per heavy atom. The summed E-state index contributed by atoms with van der Waals surface area (Å²) in [7, 11) is -3.94. The van der Waals surface area contributed by atoms with Crippen LogP contribution in [0.15, 0.2) is 82.6 Å². The van der Waals surface area contributed by atoms with Gasteiger partial charge in [0.05, 0.1) is 20.9 Å². The molecule has 0 aliphatic heterocycles. The highest BCUT2D eigenvalue weighted by atomic mass is 32.2. The van der Waals surface area contributed by atoms with Crippen molar-refractivity contribution in [2.45, 2.75) is 23.6 Å². The van der Waals surface area contributed by atoms with Crippen LogP contribution in [0.1, 0.15) is 34.6 Å². The highest BCUT2D eigenvalue weighted by molar-refractivity contribution is 7.91. The molecule has 2 rings (SSSR count). The van der Waals surface area contributed by atoms with E-state index in [1.807, 2.05) is 0 Å². The Morgan fingerprint density at radius 3 is 1.19 bits per heavy atom. The molecule has 0 bridgehead atoms. The van der Waals surface area contributed by atoms with Crippen LogP contribution in [0.25, 0.3) is 0 Å². The first-order valence-electron chi connectivity index (χ1n) is 10.9. The Balaban J connectivity index is 1.94. The van der Waals surface area contributed by atoms with Crippen molar-refractivity contribution < 1.29 is 46.5 Å². The van der Waals surface area contributed by atoms with Crippen LogP contribution in [0.5, 0.6) is 0 Å². The van der Waals surface area contributed by atoms with Gasteiger partial charge in [-0.1, -0.05) is 13.2 Å². The van der Waals surface area contributed by atoms with Crippen LogP contribution in [0, 0.1) is 0 Å². The van der Waals surface area contributed by atoms with Crippen LogP contribution in [0.3, 0.4) is 0 Å². The fourth-order valence-corrected chi connectivity index (χ4v) is 3.89. The molecule has 0 spiro atoms. The first-order valence-corrected chi connectivity index (χ1v) is 12.4. The molecule has 0 aliphatic rings. The number of carbonyl (C=O) groups excluding carboxylic acids is 4. The van der Waals surface area contributed by atoms with Crippen LogP contribution in [0.4, 0.5) is 0 Å². The number of benzene rings is 2. The smallest absolute Gasteiger partial charge is 0.338 e. The molecule has 37 heavy (non-hydrogen) atoms. The summed E-state index contributed by atoms with van der Waals surface area (Å²) in [5.41, 5.74) is 0.655. The number of ether oxygens (including phenoxy) is 4. The lowest BCUT2D eigenvalue weighted by molar-refractivity contribution is -0.140. The van der Waals surface area contributed by atoms with Gasteiger partial charge in [-0.3, -0.25) is 0 Å². The molecule has 0 fully saturated rings. The van der Waals surface area contributed by atoms with Crippen LogP contribution in [-0.4, -0.2) is 58.7 Å². The zero-order valence-corrected chi connectivity index (χ0v) is 21.2. The molecule has 0 amide bonds. The fourth-order valence-electron chi connectivity index (χ4n) is 2.63. The minimum Gasteiger partial charge on any atom is -0.459 e. The maximum Gasteiger partial charge on any atom is 0.338 e. The highest BCUT2D eigenvalue weighted by Crippen LogP contribution is 2.22. The van der Waals surface area contributed by atoms with Gasteiger partial charge in [0.25, 0.3) is 0 Å². The standard InChI is InChI=1S/C26H26O10S/c1-17(2)23(27)33-13-15-35-25(29)19-5-9-21(10-6-19)37(31,32)22-11-7-20(8-12-22)26(30)36-16-14-34-24(28)18(3)4/h5-12H,1,3,13-16H2,2,4H3. The van der Waals surface area contributed by atoms with E-state index in [-0.39, 0.29) is 58.5 Å². The molecule has 0 aliphatic carbocycles. The lowest BCUT2D eigenvalue weighted by atomic mass is 10.2. The van der Waals surface area contributed by atoms with Gasteiger partial charge in [0.15, 0.2) is 0 Å². The summed E-state index contributed by atoms with van der Waals surface area (Å²) in [4.78, 5) is 46.7. The van der Waals surface area contributed by atoms with E-state index in [0.29, 0.717) is 0 Å². The minimum absolute atomic E-state index is 0.0749. The van der Waals surface area contributed by atoms with Gasteiger partial charge in [0.1, 0.15) is 26.4 Å². The zero-order valence-electron chi connectivity index (χ0n) is 20.4. The number of esters is 4.